The SMILES string of the molecule is Cc1ccc([N+](=O)[O-])c(NC(=O)c2ccc(CN)o2)c1. The summed E-state index contributed by atoms with van der Waals surface area (Å²) in [5, 5.41) is 13.4. The second kappa shape index (κ2) is 5.54. The Bertz CT molecular complexity index is 663. The van der Waals surface area contributed by atoms with Gasteiger partial charge in [-0.3, -0.25) is 14.9 Å². The number of nitrogens with two attached hydrogens (primary N) is 1. The summed E-state index contributed by atoms with van der Waals surface area (Å²) < 4.78 is 5.19. The molecule has 0 unspecified atom stereocenters. The minimum atomic E-state index is -0.557. The standard InChI is InChI=1S/C13H13N3O4/c1-8-2-4-11(16(18)19)10(6-8)15-13(17)12-5-3-9(7-14)20-12/h2-6H,7,14H2,1H3,(H,15,17). The number of hydrogen-bond donors (Lipinski definition) is 2. The van der Waals surface area contributed by atoms with Gasteiger partial charge in [-0.2, -0.15) is 0 Å². The maximum absolute atomic E-state index is 12.0. The van der Waals surface area contributed by atoms with Crippen LogP contribution in [-0.2, 0) is 6.54 Å². The Morgan fingerprint density at radius 2 is 2.15 bits per heavy atom. The number of nitro groups is 1. The number of carbonyl (C=O) groups excluding carboxylic acids is 1. The van der Waals surface area contributed by atoms with Gasteiger partial charge in [0.2, 0.25) is 0 Å². The van der Waals surface area contributed by atoms with E-state index in [4.69, 9.17) is 10.2 Å². The van der Waals surface area contributed by atoms with Gasteiger partial charge in [0.15, 0.2) is 5.76 Å². The van der Waals surface area contributed by atoms with Crippen LogP contribution in [0.1, 0.15) is 21.9 Å². The monoisotopic (exact) mass is 275 g/mol. The first-order valence-electron chi connectivity index (χ1n) is 5.86. The normalized spacial score (nSPS) is 10.3. The smallest absolute Gasteiger partial charge is 0.292 e. The van der Waals surface area contributed by atoms with Crippen LogP contribution in [0, 0.1) is 17.0 Å². The van der Waals surface area contributed by atoms with Crippen LogP contribution >= 0.6 is 0 Å². The van der Waals surface area contributed by atoms with Gasteiger partial charge in [-0.1, -0.05) is 6.07 Å². The highest BCUT2D eigenvalue weighted by Gasteiger charge is 2.18. The number of nitrogens with zero attached hydrogens (tertiary/aromatic N) is 1. The van der Waals surface area contributed by atoms with Gasteiger partial charge in [-0.05, 0) is 30.7 Å². The Morgan fingerprint density at radius 3 is 2.75 bits per heavy atom. The predicted molar refractivity (Wildman–Crippen MR) is 72.4 cm³/mol. The van der Waals surface area contributed by atoms with E-state index in [1.165, 1.54) is 18.2 Å². The van der Waals surface area contributed by atoms with Gasteiger partial charge in [-0.25, -0.2) is 0 Å². The van der Waals surface area contributed by atoms with E-state index in [0.717, 1.165) is 5.56 Å². The third-order valence-corrected chi connectivity index (χ3v) is 2.68. The van der Waals surface area contributed by atoms with E-state index in [1.54, 1.807) is 19.1 Å². The summed E-state index contributed by atoms with van der Waals surface area (Å²) in [4.78, 5) is 22.3. The first-order chi connectivity index (χ1) is 9.51. The molecule has 0 radical (unpaired) electrons. The zero-order valence-electron chi connectivity index (χ0n) is 10.8. The van der Waals surface area contributed by atoms with Gasteiger partial charge in [-0.15, -0.1) is 0 Å². The molecule has 0 fully saturated rings. The Labute approximate surface area is 114 Å². The van der Waals surface area contributed by atoms with Crippen LogP contribution in [0.3, 0.4) is 0 Å². The topological polar surface area (TPSA) is 111 Å². The summed E-state index contributed by atoms with van der Waals surface area (Å²) in [6.07, 6.45) is 0. The molecule has 0 saturated heterocycles. The van der Waals surface area contributed by atoms with Crippen molar-refractivity contribution in [2.45, 2.75) is 13.5 Å². The fraction of sp³-hybridized carbons (Fsp3) is 0.154. The molecule has 2 aromatic rings. The molecular formula is C13H13N3O4. The van der Waals surface area contributed by atoms with E-state index in [1.807, 2.05) is 0 Å². The maximum Gasteiger partial charge on any atom is 0.292 e. The lowest BCUT2D eigenvalue weighted by atomic mass is 10.2. The van der Waals surface area contributed by atoms with Crippen LogP contribution < -0.4 is 11.1 Å². The van der Waals surface area contributed by atoms with Crippen molar-refractivity contribution in [3.8, 4) is 0 Å². The number of nitro benzene ring substituents is 1. The van der Waals surface area contributed by atoms with Crippen LogP contribution in [0.4, 0.5) is 11.4 Å². The molecule has 7 nitrogen and oxygen atoms in total. The summed E-state index contributed by atoms with van der Waals surface area (Å²) in [6.45, 7) is 1.96. The van der Waals surface area contributed by atoms with Gasteiger partial charge in [0.25, 0.3) is 11.6 Å². The Kier molecular flexibility index (Phi) is 3.81. The molecule has 1 heterocycles. The summed E-state index contributed by atoms with van der Waals surface area (Å²) in [5.41, 5.74) is 6.14. The first-order valence-corrected chi connectivity index (χ1v) is 5.86. The third kappa shape index (κ3) is 2.83. The molecule has 104 valence electrons. The van der Waals surface area contributed by atoms with Gasteiger partial charge in [0.1, 0.15) is 11.4 Å². The number of benzene rings is 1. The lowest BCUT2D eigenvalue weighted by molar-refractivity contribution is -0.383. The molecule has 1 amide bonds. The lowest BCUT2D eigenvalue weighted by Crippen LogP contribution is -2.12. The summed E-state index contributed by atoms with van der Waals surface area (Å²) in [6, 6.07) is 7.53. The minimum Gasteiger partial charge on any atom is -0.455 e. The number of rotatable bonds is 4. The molecule has 0 saturated carbocycles. The molecule has 1 aromatic carbocycles. The average molecular weight is 275 g/mol. The molecule has 0 aliphatic heterocycles. The van der Waals surface area contributed by atoms with E-state index in [2.05, 4.69) is 5.32 Å². The number of nitrogens with one attached hydrogen (secondary N) is 1. The predicted octanol–water partition coefficient (Wildman–Crippen LogP) is 2.21. The highest BCUT2D eigenvalue weighted by atomic mass is 16.6. The summed E-state index contributed by atoms with van der Waals surface area (Å²) >= 11 is 0. The molecule has 20 heavy (non-hydrogen) atoms. The molecule has 2 rings (SSSR count). The molecular weight excluding hydrogens is 262 g/mol. The van der Waals surface area contributed by atoms with Crippen molar-refractivity contribution in [1.29, 1.82) is 0 Å². The van der Waals surface area contributed by atoms with E-state index in [9.17, 15) is 14.9 Å². The largest absolute Gasteiger partial charge is 0.455 e. The van der Waals surface area contributed by atoms with Crippen molar-refractivity contribution in [3.05, 3.63) is 57.5 Å². The second-order valence-corrected chi connectivity index (χ2v) is 4.20. The first kappa shape index (κ1) is 13.8. The Hall–Kier alpha value is -2.67. The number of furan rings is 1. The Balaban J connectivity index is 2.27. The van der Waals surface area contributed by atoms with Gasteiger partial charge in [0.05, 0.1) is 11.5 Å². The van der Waals surface area contributed by atoms with Gasteiger partial charge < -0.3 is 15.5 Å². The van der Waals surface area contributed by atoms with Crippen LogP contribution in [0.5, 0.6) is 0 Å². The third-order valence-electron chi connectivity index (χ3n) is 2.68. The molecule has 3 N–H and O–H groups in total. The summed E-state index contributed by atoms with van der Waals surface area (Å²) in [7, 11) is 0. The number of aryl methyl sites for hydroxylation is 1. The second-order valence-electron chi connectivity index (χ2n) is 4.20. The van der Waals surface area contributed by atoms with E-state index in [0.29, 0.717) is 5.76 Å². The molecule has 0 aliphatic rings. The minimum absolute atomic E-state index is 0.0567. The molecule has 1 aromatic heterocycles. The maximum atomic E-state index is 12.0. The van der Waals surface area contributed by atoms with E-state index < -0.39 is 10.8 Å². The number of anilines is 1. The molecule has 7 heteroatoms. The zero-order chi connectivity index (χ0) is 14.7. The quantitative estimate of drug-likeness (QED) is 0.656. The van der Waals surface area contributed by atoms with Crippen LogP contribution in [-0.4, -0.2) is 10.8 Å². The van der Waals surface area contributed by atoms with Crippen LogP contribution in [0.2, 0.25) is 0 Å². The van der Waals surface area contributed by atoms with Crippen molar-refractivity contribution >= 4 is 17.3 Å². The highest BCUT2D eigenvalue weighted by Crippen LogP contribution is 2.25. The van der Waals surface area contributed by atoms with Gasteiger partial charge in [0, 0.05) is 6.07 Å². The summed E-state index contributed by atoms with van der Waals surface area (Å²) in [5.74, 6) is -0.0338. The molecule has 0 aliphatic carbocycles. The van der Waals surface area contributed by atoms with Crippen molar-refractivity contribution in [2.75, 3.05) is 5.32 Å². The average Bonchev–Trinajstić information content (AvgIpc) is 2.87. The number of carbonyl (C=O) groups is 1. The zero-order valence-corrected chi connectivity index (χ0v) is 10.8. The van der Waals surface area contributed by atoms with Crippen molar-refractivity contribution in [3.63, 3.8) is 0 Å². The molecule has 0 bridgehead atoms. The van der Waals surface area contributed by atoms with Crippen molar-refractivity contribution < 1.29 is 14.1 Å². The molecule has 0 spiro atoms. The number of hydrogen-bond acceptors (Lipinski definition) is 5. The number of amides is 1. The molecule has 0 atom stereocenters. The van der Waals surface area contributed by atoms with Crippen molar-refractivity contribution in [1.82, 2.24) is 0 Å². The van der Waals surface area contributed by atoms with Crippen LogP contribution in [0.25, 0.3) is 0 Å². The lowest BCUT2D eigenvalue weighted by Gasteiger charge is -2.05. The van der Waals surface area contributed by atoms with E-state index in [-0.39, 0.29) is 23.7 Å². The van der Waals surface area contributed by atoms with Crippen molar-refractivity contribution in [2.24, 2.45) is 5.73 Å². The highest BCUT2D eigenvalue weighted by molar-refractivity contribution is 6.03. The van der Waals surface area contributed by atoms with Gasteiger partial charge >= 0.3 is 0 Å². The fourth-order valence-electron chi connectivity index (χ4n) is 1.70. The van der Waals surface area contributed by atoms with E-state index >= 15 is 0 Å². The Morgan fingerprint density at radius 1 is 1.40 bits per heavy atom. The van der Waals surface area contributed by atoms with Crippen LogP contribution in [0.15, 0.2) is 34.7 Å². The fourth-order valence-corrected chi connectivity index (χ4v) is 1.70.